The van der Waals surface area contributed by atoms with Crippen molar-refractivity contribution in [3.05, 3.63) is 46.6 Å². The van der Waals surface area contributed by atoms with Gasteiger partial charge in [-0.25, -0.2) is 4.98 Å². The predicted molar refractivity (Wildman–Crippen MR) is 130 cm³/mol. The first-order valence-corrected chi connectivity index (χ1v) is 11.8. The van der Waals surface area contributed by atoms with E-state index in [0.29, 0.717) is 41.8 Å². The monoisotopic (exact) mass is 490 g/mol. The quantitative estimate of drug-likeness (QED) is 0.440. The van der Waals surface area contributed by atoms with Crippen LogP contribution in [-0.2, 0) is 11.3 Å². The molecule has 0 saturated carbocycles. The number of anilines is 1. The van der Waals surface area contributed by atoms with Crippen molar-refractivity contribution in [1.29, 1.82) is 0 Å². The molecule has 0 spiro atoms. The number of aromatic nitrogens is 1. The van der Waals surface area contributed by atoms with Crippen LogP contribution in [-0.4, -0.2) is 60.9 Å². The fourth-order valence-corrected chi connectivity index (χ4v) is 4.12. The van der Waals surface area contributed by atoms with E-state index in [0.717, 1.165) is 37.3 Å². The highest BCUT2D eigenvalue weighted by Gasteiger charge is 2.24. The first-order chi connectivity index (χ1) is 16.4. The van der Waals surface area contributed by atoms with Crippen molar-refractivity contribution in [2.75, 3.05) is 37.7 Å². The lowest BCUT2D eigenvalue weighted by atomic mass is 10.0. The van der Waals surface area contributed by atoms with Gasteiger partial charge in [-0.3, -0.25) is 9.59 Å². The number of piperidine rings is 1. The number of hydrogen-bond donors (Lipinski definition) is 3. The molecule has 1 aromatic heterocycles. The van der Waals surface area contributed by atoms with Crippen LogP contribution in [0, 0.1) is 0 Å². The first-order valence-electron chi connectivity index (χ1n) is 11.4. The van der Waals surface area contributed by atoms with Gasteiger partial charge in [0.25, 0.3) is 5.91 Å². The molecule has 1 aliphatic rings. The second kappa shape index (κ2) is 12.4. The molecular formula is C24H31ClN4O5. The summed E-state index contributed by atoms with van der Waals surface area (Å²) in [6.45, 7) is 6.71. The number of nitrogens with zero attached hydrogens (tertiary/aromatic N) is 2. The van der Waals surface area contributed by atoms with Gasteiger partial charge in [-0.15, -0.1) is 0 Å². The van der Waals surface area contributed by atoms with E-state index in [9.17, 15) is 9.59 Å². The Morgan fingerprint density at radius 1 is 1.18 bits per heavy atom. The number of amides is 1. The summed E-state index contributed by atoms with van der Waals surface area (Å²) in [5.74, 6) is 0.307. The average Bonchev–Trinajstić information content (AvgIpc) is 2.84. The van der Waals surface area contributed by atoms with E-state index in [1.807, 2.05) is 26.0 Å². The number of carboxylic acid groups (broad SMARTS) is 1. The van der Waals surface area contributed by atoms with Crippen molar-refractivity contribution < 1.29 is 24.2 Å². The largest absolute Gasteiger partial charge is 0.492 e. The molecule has 1 fully saturated rings. The van der Waals surface area contributed by atoms with Crippen LogP contribution < -0.4 is 25.0 Å². The Labute approximate surface area is 204 Å². The molecule has 0 aliphatic carbocycles. The van der Waals surface area contributed by atoms with Crippen molar-refractivity contribution in [2.45, 2.75) is 39.3 Å². The van der Waals surface area contributed by atoms with Crippen LogP contribution >= 0.6 is 11.6 Å². The van der Waals surface area contributed by atoms with Crippen LogP contribution in [0.25, 0.3) is 0 Å². The molecule has 9 nitrogen and oxygen atoms in total. The summed E-state index contributed by atoms with van der Waals surface area (Å²) in [4.78, 5) is 29.6. The number of benzene rings is 1. The summed E-state index contributed by atoms with van der Waals surface area (Å²) in [6, 6.07) is 7.56. The highest BCUT2D eigenvalue weighted by Crippen LogP contribution is 2.37. The Hall–Kier alpha value is -3.04. The van der Waals surface area contributed by atoms with Gasteiger partial charge >= 0.3 is 5.97 Å². The van der Waals surface area contributed by atoms with Gasteiger partial charge in [-0.05, 0) is 69.6 Å². The third-order valence-corrected chi connectivity index (χ3v) is 5.84. The fourth-order valence-electron chi connectivity index (χ4n) is 3.90. The molecule has 184 valence electrons. The highest BCUT2D eigenvalue weighted by atomic mass is 35.5. The zero-order valence-electron chi connectivity index (χ0n) is 19.5. The zero-order valence-corrected chi connectivity index (χ0v) is 20.2. The second-order valence-corrected chi connectivity index (χ2v) is 8.24. The number of carbonyl (C=O) groups excluding carboxylic acids is 1. The van der Waals surface area contributed by atoms with Crippen molar-refractivity contribution in [3.8, 4) is 11.5 Å². The standard InChI is InChI=1S/C24H31ClN4O5/c1-3-33-19-11-16(12-20(23(19)25)34-4-2)15-29(18-7-9-26-10-8-18)21-6-5-17(13-27-21)24(32)28-14-22(30)31/h5-6,11-13,18,26H,3-4,7-10,14-15H2,1-2H3,(H,28,32)(H,30,31). The van der Waals surface area contributed by atoms with Crippen molar-refractivity contribution in [3.63, 3.8) is 0 Å². The zero-order chi connectivity index (χ0) is 24.5. The van der Waals surface area contributed by atoms with Crippen LogP contribution in [0.2, 0.25) is 5.02 Å². The van der Waals surface area contributed by atoms with Crippen molar-refractivity contribution in [1.82, 2.24) is 15.6 Å². The minimum absolute atomic E-state index is 0.252. The number of nitrogens with one attached hydrogen (secondary N) is 2. The molecule has 1 aromatic carbocycles. The summed E-state index contributed by atoms with van der Waals surface area (Å²) in [5, 5.41) is 15.0. The van der Waals surface area contributed by atoms with E-state index in [1.54, 1.807) is 12.1 Å². The number of aliphatic carboxylic acids is 1. The number of carboxylic acids is 1. The summed E-state index contributed by atoms with van der Waals surface area (Å²) in [6.07, 6.45) is 3.37. The highest BCUT2D eigenvalue weighted by molar-refractivity contribution is 6.33. The van der Waals surface area contributed by atoms with Gasteiger partial charge in [0.2, 0.25) is 0 Å². The van der Waals surface area contributed by atoms with Crippen LogP contribution in [0.5, 0.6) is 11.5 Å². The minimum atomic E-state index is -1.10. The summed E-state index contributed by atoms with van der Waals surface area (Å²) >= 11 is 6.47. The van der Waals surface area contributed by atoms with Crippen LogP contribution in [0.15, 0.2) is 30.5 Å². The Morgan fingerprint density at radius 2 is 1.82 bits per heavy atom. The molecule has 0 atom stereocenters. The van der Waals surface area contributed by atoms with Crippen LogP contribution in [0.4, 0.5) is 5.82 Å². The van der Waals surface area contributed by atoms with E-state index in [-0.39, 0.29) is 6.04 Å². The third-order valence-electron chi connectivity index (χ3n) is 5.47. The Kier molecular flexibility index (Phi) is 9.35. The van der Waals surface area contributed by atoms with E-state index in [1.165, 1.54) is 6.20 Å². The van der Waals surface area contributed by atoms with E-state index >= 15 is 0 Å². The third kappa shape index (κ3) is 6.74. The molecule has 1 amide bonds. The summed E-state index contributed by atoms with van der Waals surface area (Å²) in [7, 11) is 0. The summed E-state index contributed by atoms with van der Waals surface area (Å²) in [5.41, 5.74) is 1.28. The van der Waals surface area contributed by atoms with Gasteiger partial charge in [0.1, 0.15) is 28.9 Å². The molecule has 34 heavy (non-hydrogen) atoms. The number of hydrogen-bond acceptors (Lipinski definition) is 7. The second-order valence-electron chi connectivity index (χ2n) is 7.86. The maximum absolute atomic E-state index is 12.2. The van der Waals surface area contributed by atoms with Crippen molar-refractivity contribution in [2.24, 2.45) is 0 Å². The minimum Gasteiger partial charge on any atom is -0.492 e. The van der Waals surface area contributed by atoms with Gasteiger partial charge in [0.15, 0.2) is 0 Å². The Bertz CT molecular complexity index is 953. The van der Waals surface area contributed by atoms with E-state index < -0.39 is 18.4 Å². The molecule has 10 heteroatoms. The number of rotatable bonds is 11. The van der Waals surface area contributed by atoms with Crippen LogP contribution in [0.3, 0.4) is 0 Å². The first kappa shape index (κ1) is 25.6. The molecule has 2 aromatic rings. The molecule has 0 unspecified atom stereocenters. The molecule has 0 bridgehead atoms. The molecule has 3 N–H and O–H groups in total. The Morgan fingerprint density at radius 3 is 2.35 bits per heavy atom. The maximum Gasteiger partial charge on any atom is 0.322 e. The molecule has 3 rings (SSSR count). The fraction of sp³-hybridized carbons (Fsp3) is 0.458. The normalized spacial score (nSPS) is 13.9. The molecule has 0 radical (unpaired) electrons. The lowest BCUT2D eigenvalue weighted by molar-refractivity contribution is -0.135. The lowest BCUT2D eigenvalue weighted by Gasteiger charge is -2.36. The maximum atomic E-state index is 12.2. The van der Waals surface area contributed by atoms with Gasteiger partial charge in [0, 0.05) is 18.8 Å². The number of pyridine rings is 1. The average molecular weight is 491 g/mol. The summed E-state index contributed by atoms with van der Waals surface area (Å²) < 4.78 is 11.5. The van der Waals surface area contributed by atoms with Crippen LogP contribution in [0.1, 0.15) is 42.6 Å². The SMILES string of the molecule is CCOc1cc(CN(c2ccc(C(=O)NCC(=O)O)cn2)C2CCNCC2)cc(OCC)c1Cl. The number of halogens is 1. The van der Waals surface area contributed by atoms with Crippen molar-refractivity contribution >= 4 is 29.3 Å². The molecule has 2 heterocycles. The number of ether oxygens (including phenoxy) is 2. The topological polar surface area (TPSA) is 113 Å². The predicted octanol–water partition coefficient (Wildman–Crippen LogP) is 3.11. The molecule has 1 saturated heterocycles. The van der Waals surface area contributed by atoms with Gasteiger partial charge in [-0.1, -0.05) is 11.6 Å². The van der Waals surface area contributed by atoms with Gasteiger partial charge < -0.3 is 30.1 Å². The van der Waals surface area contributed by atoms with Gasteiger partial charge in [-0.2, -0.15) is 0 Å². The Balaban J connectivity index is 1.88. The van der Waals surface area contributed by atoms with E-state index in [2.05, 4.69) is 20.5 Å². The smallest absolute Gasteiger partial charge is 0.322 e. The van der Waals surface area contributed by atoms with Gasteiger partial charge in [0.05, 0.1) is 18.8 Å². The lowest BCUT2D eigenvalue weighted by Crippen LogP contribution is -2.43. The molecule has 1 aliphatic heterocycles. The van der Waals surface area contributed by atoms with E-state index in [4.69, 9.17) is 26.2 Å². The number of carbonyl (C=O) groups is 2. The molecular weight excluding hydrogens is 460 g/mol.